The van der Waals surface area contributed by atoms with Gasteiger partial charge in [-0.2, -0.15) is 0 Å². The molecule has 0 unspecified atom stereocenters. The van der Waals surface area contributed by atoms with Gasteiger partial charge >= 0.3 is 0 Å². The third-order valence-electron chi connectivity index (χ3n) is 2.63. The summed E-state index contributed by atoms with van der Waals surface area (Å²) in [6, 6.07) is 5.60. The Kier molecular flexibility index (Phi) is 5.78. The number of nitrogens with zero attached hydrogens (tertiary/aromatic N) is 1. The summed E-state index contributed by atoms with van der Waals surface area (Å²) in [5, 5.41) is 0. The van der Waals surface area contributed by atoms with Gasteiger partial charge in [0.2, 0.25) is 5.91 Å². The van der Waals surface area contributed by atoms with Crippen LogP contribution in [-0.4, -0.2) is 38.0 Å². The number of halogens is 1. The molecular formula is C13H18ClNO3. The van der Waals surface area contributed by atoms with Crippen LogP contribution in [-0.2, 0) is 11.3 Å². The predicted octanol–water partition coefficient (Wildman–Crippen LogP) is 2.29. The Labute approximate surface area is 112 Å². The van der Waals surface area contributed by atoms with Gasteiger partial charge in [-0.15, -0.1) is 11.6 Å². The SMILES string of the molecule is COc1cccc(CN(C)C(=O)CCCl)c1OC. The molecule has 1 aromatic rings. The highest BCUT2D eigenvalue weighted by molar-refractivity contribution is 6.18. The molecule has 0 aromatic heterocycles. The summed E-state index contributed by atoms with van der Waals surface area (Å²) in [4.78, 5) is 13.3. The highest BCUT2D eigenvalue weighted by Crippen LogP contribution is 2.31. The molecule has 100 valence electrons. The molecule has 0 aliphatic heterocycles. The molecule has 0 aliphatic rings. The minimum Gasteiger partial charge on any atom is -0.493 e. The largest absolute Gasteiger partial charge is 0.493 e. The van der Waals surface area contributed by atoms with Gasteiger partial charge in [0.1, 0.15) is 0 Å². The molecule has 0 saturated carbocycles. The normalized spacial score (nSPS) is 10.0. The Morgan fingerprint density at radius 2 is 2.06 bits per heavy atom. The Hall–Kier alpha value is -1.42. The van der Waals surface area contributed by atoms with E-state index in [0.717, 1.165) is 5.56 Å². The molecule has 0 fully saturated rings. The van der Waals surface area contributed by atoms with Crippen LogP contribution in [0.5, 0.6) is 11.5 Å². The molecule has 1 amide bonds. The maximum absolute atomic E-state index is 11.7. The molecule has 0 atom stereocenters. The molecule has 0 bridgehead atoms. The summed E-state index contributed by atoms with van der Waals surface area (Å²) in [7, 11) is 4.92. The quantitative estimate of drug-likeness (QED) is 0.745. The summed E-state index contributed by atoms with van der Waals surface area (Å²) in [6.07, 6.45) is 0.338. The number of amides is 1. The number of benzene rings is 1. The minimum atomic E-state index is 0.00914. The van der Waals surface area contributed by atoms with Crippen molar-refractivity contribution in [1.82, 2.24) is 4.90 Å². The number of rotatable bonds is 6. The summed E-state index contributed by atoms with van der Waals surface area (Å²) in [6.45, 7) is 0.468. The highest BCUT2D eigenvalue weighted by Gasteiger charge is 2.14. The number of ether oxygens (including phenoxy) is 2. The molecule has 0 radical (unpaired) electrons. The van der Waals surface area contributed by atoms with Gasteiger partial charge in [-0.05, 0) is 6.07 Å². The molecule has 0 aliphatic carbocycles. The van der Waals surface area contributed by atoms with Crippen molar-refractivity contribution in [2.24, 2.45) is 0 Å². The van der Waals surface area contributed by atoms with Crippen molar-refractivity contribution in [2.45, 2.75) is 13.0 Å². The Bertz CT molecular complexity index is 409. The van der Waals surface area contributed by atoms with Crippen molar-refractivity contribution in [2.75, 3.05) is 27.1 Å². The second-order valence-corrected chi connectivity index (χ2v) is 4.22. The minimum absolute atomic E-state index is 0.00914. The fourth-order valence-corrected chi connectivity index (χ4v) is 1.86. The standard InChI is InChI=1S/C13H18ClNO3/c1-15(12(16)7-8-14)9-10-5-4-6-11(17-2)13(10)18-3/h4-6H,7-9H2,1-3H3. The van der Waals surface area contributed by atoms with E-state index in [2.05, 4.69) is 0 Å². The fourth-order valence-electron chi connectivity index (χ4n) is 1.69. The first-order valence-corrected chi connectivity index (χ1v) is 6.17. The molecule has 5 heteroatoms. The molecular weight excluding hydrogens is 254 g/mol. The van der Waals surface area contributed by atoms with Gasteiger partial charge in [0.15, 0.2) is 11.5 Å². The molecule has 18 heavy (non-hydrogen) atoms. The Morgan fingerprint density at radius 3 is 2.61 bits per heavy atom. The summed E-state index contributed by atoms with van der Waals surface area (Å²) in [5.74, 6) is 1.66. The second kappa shape index (κ2) is 7.11. The van der Waals surface area contributed by atoms with E-state index in [9.17, 15) is 4.79 Å². The van der Waals surface area contributed by atoms with Crippen molar-refractivity contribution in [1.29, 1.82) is 0 Å². The van der Waals surface area contributed by atoms with Crippen molar-refractivity contribution in [3.8, 4) is 11.5 Å². The Balaban J connectivity index is 2.87. The molecule has 1 rings (SSSR count). The zero-order valence-electron chi connectivity index (χ0n) is 10.9. The van der Waals surface area contributed by atoms with Crippen molar-refractivity contribution in [3.05, 3.63) is 23.8 Å². The number of alkyl halides is 1. The molecule has 0 N–H and O–H groups in total. The van der Waals surface area contributed by atoms with E-state index in [1.54, 1.807) is 26.2 Å². The van der Waals surface area contributed by atoms with Gasteiger partial charge in [-0.1, -0.05) is 12.1 Å². The number of methoxy groups -OCH3 is 2. The van der Waals surface area contributed by atoms with E-state index >= 15 is 0 Å². The van der Waals surface area contributed by atoms with Gasteiger partial charge in [0, 0.05) is 31.5 Å². The van der Waals surface area contributed by atoms with Gasteiger partial charge in [-0.25, -0.2) is 0 Å². The van der Waals surface area contributed by atoms with Gasteiger partial charge in [0.05, 0.1) is 14.2 Å². The van der Waals surface area contributed by atoms with Crippen LogP contribution in [0, 0.1) is 0 Å². The lowest BCUT2D eigenvalue weighted by atomic mass is 10.1. The van der Waals surface area contributed by atoms with E-state index in [0.29, 0.717) is 30.3 Å². The average molecular weight is 272 g/mol. The smallest absolute Gasteiger partial charge is 0.223 e. The van der Waals surface area contributed by atoms with Gasteiger partial charge in [0.25, 0.3) is 0 Å². The van der Waals surface area contributed by atoms with Crippen molar-refractivity contribution >= 4 is 17.5 Å². The van der Waals surface area contributed by atoms with Gasteiger partial charge < -0.3 is 14.4 Å². The molecule has 1 aromatic carbocycles. The van der Waals surface area contributed by atoms with Crippen molar-refractivity contribution < 1.29 is 14.3 Å². The van der Waals surface area contributed by atoms with Crippen LogP contribution < -0.4 is 9.47 Å². The molecule has 0 saturated heterocycles. The van der Waals surface area contributed by atoms with E-state index in [-0.39, 0.29) is 5.91 Å². The third kappa shape index (κ3) is 3.53. The first-order chi connectivity index (χ1) is 8.63. The van der Waals surface area contributed by atoms with Crippen LogP contribution in [0.2, 0.25) is 0 Å². The molecule has 0 heterocycles. The zero-order valence-corrected chi connectivity index (χ0v) is 11.7. The van der Waals surface area contributed by atoms with Crippen LogP contribution in [0.3, 0.4) is 0 Å². The van der Waals surface area contributed by atoms with Crippen LogP contribution in [0.25, 0.3) is 0 Å². The van der Waals surface area contributed by atoms with E-state index in [1.807, 2.05) is 18.2 Å². The number of carbonyl (C=O) groups is 1. The summed E-state index contributed by atoms with van der Waals surface area (Å²) < 4.78 is 10.5. The predicted molar refractivity (Wildman–Crippen MR) is 71.4 cm³/mol. The van der Waals surface area contributed by atoms with Gasteiger partial charge in [-0.3, -0.25) is 4.79 Å². The first-order valence-electron chi connectivity index (χ1n) is 5.63. The van der Waals surface area contributed by atoms with E-state index in [4.69, 9.17) is 21.1 Å². The topological polar surface area (TPSA) is 38.8 Å². The fraction of sp³-hybridized carbons (Fsp3) is 0.462. The Morgan fingerprint density at radius 1 is 1.33 bits per heavy atom. The van der Waals surface area contributed by atoms with Crippen LogP contribution in [0.15, 0.2) is 18.2 Å². The van der Waals surface area contributed by atoms with Crippen LogP contribution in [0.4, 0.5) is 0 Å². The number of hydrogen-bond acceptors (Lipinski definition) is 3. The summed E-state index contributed by atoms with van der Waals surface area (Å²) >= 11 is 5.56. The average Bonchev–Trinajstić information content (AvgIpc) is 2.38. The highest BCUT2D eigenvalue weighted by atomic mass is 35.5. The molecule has 4 nitrogen and oxygen atoms in total. The lowest BCUT2D eigenvalue weighted by Gasteiger charge is -2.19. The number of para-hydroxylation sites is 1. The summed E-state index contributed by atoms with van der Waals surface area (Å²) in [5.41, 5.74) is 0.905. The second-order valence-electron chi connectivity index (χ2n) is 3.84. The van der Waals surface area contributed by atoms with Crippen LogP contribution in [0.1, 0.15) is 12.0 Å². The maximum Gasteiger partial charge on any atom is 0.223 e. The monoisotopic (exact) mass is 271 g/mol. The lowest BCUT2D eigenvalue weighted by molar-refractivity contribution is -0.130. The van der Waals surface area contributed by atoms with E-state index in [1.165, 1.54) is 0 Å². The lowest BCUT2D eigenvalue weighted by Crippen LogP contribution is -2.26. The zero-order chi connectivity index (χ0) is 13.5. The first kappa shape index (κ1) is 14.6. The maximum atomic E-state index is 11.7. The van der Waals surface area contributed by atoms with E-state index < -0.39 is 0 Å². The van der Waals surface area contributed by atoms with Crippen LogP contribution >= 0.6 is 11.6 Å². The molecule has 0 spiro atoms. The number of carbonyl (C=O) groups excluding carboxylic acids is 1. The van der Waals surface area contributed by atoms with Crippen molar-refractivity contribution in [3.63, 3.8) is 0 Å². The number of hydrogen-bond donors (Lipinski definition) is 0. The third-order valence-corrected chi connectivity index (χ3v) is 2.82.